The van der Waals surface area contributed by atoms with Crippen molar-refractivity contribution in [3.8, 4) is 0 Å². The average molecular weight is 287 g/mol. The molecule has 0 unspecified atom stereocenters. The van der Waals surface area contributed by atoms with Gasteiger partial charge in [0.05, 0.1) is 23.7 Å². The van der Waals surface area contributed by atoms with Crippen LogP contribution in [-0.4, -0.2) is 29.2 Å². The third-order valence-electron chi connectivity index (χ3n) is 3.90. The first-order valence-electron chi connectivity index (χ1n) is 7.45. The van der Waals surface area contributed by atoms with E-state index < -0.39 is 0 Å². The molecule has 21 heavy (non-hydrogen) atoms. The summed E-state index contributed by atoms with van der Waals surface area (Å²) in [6.45, 7) is 3.34. The number of para-hydroxylation sites is 2. The van der Waals surface area contributed by atoms with E-state index in [-0.39, 0.29) is 17.9 Å². The minimum atomic E-state index is -0.0950. The van der Waals surface area contributed by atoms with Crippen LogP contribution in [0, 0.1) is 5.92 Å². The molecular weight excluding hydrogens is 266 g/mol. The second kappa shape index (κ2) is 5.85. The van der Waals surface area contributed by atoms with Gasteiger partial charge in [-0.05, 0) is 31.9 Å². The Kier molecular flexibility index (Phi) is 3.92. The van der Waals surface area contributed by atoms with Crippen LogP contribution in [0.3, 0.4) is 0 Å². The molecule has 2 aromatic rings. The Balaban J connectivity index is 1.89. The molecule has 5 heteroatoms. The van der Waals surface area contributed by atoms with Gasteiger partial charge in [-0.15, -0.1) is 0 Å². The predicted molar refractivity (Wildman–Crippen MR) is 80.9 cm³/mol. The molecule has 5 nitrogen and oxygen atoms in total. The highest BCUT2D eigenvalue weighted by Crippen LogP contribution is 2.30. The van der Waals surface area contributed by atoms with E-state index in [9.17, 15) is 4.79 Å². The van der Waals surface area contributed by atoms with Gasteiger partial charge in [0.1, 0.15) is 5.82 Å². The van der Waals surface area contributed by atoms with Crippen LogP contribution in [0.4, 0.5) is 0 Å². The van der Waals surface area contributed by atoms with Crippen LogP contribution in [0.15, 0.2) is 24.3 Å². The summed E-state index contributed by atoms with van der Waals surface area (Å²) in [4.78, 5) is 16.6. The molecule has 1 aliphatic rings. The zero-order valence-corrected chi connectivity index (χ0v) is 12.5. The van der Waals surface area contributed by atoms with Crippen molar-refractivity contribution in [1.29, 1.82) is 0 Å². The maximum absolute atomic E-state index is 12.0. The number of amides is 1. The number of nitrogens with zero attached hydrogens (tertiary/aromatic N) is 2. The van der Waals surface area contributed by atoms with E-state index in [2.05, 4.69) is 16.0 Å². The van der Waals surface area contributed by atoms with Crippen LogP contribution in [-0.2, 0) is 16.1 Å². The van der Waals surface area contributed by atoms with E-state index >= 15 is 0 Å². The smallest absolute Gasteiger partial charge is 0.223 e. The minimum absolute atomic E-state index is 0.0950. The van der Waals surface area contributed by atoms with E-state index in [1.165, 1.54) is 0 Å². The molecule has 1 N–H and O–H groups in total. The van der Waals surface area contributed by atoms with Gasteiger partial charge in [0, 0.05) is 19.6 Å². The summed E-state index contributed by atoms with van der Waals surface area (Å²) in [7, 11) is 1.69. The van der Waals surface area contributed by atoms with E-state index in [1.807, 2.05) is 25.1 Å². The van der Waals surface area contributed by atoms with E-state index in [1.54, 1.807) is 7.11 Å². The lowest BCUT2D eigenvalue weighted by Gasteiger charge is -2.16. The fourth-order valence-electron chi connectivity index (χ4n) is 2.58. The number of imidazole rings is 1. The summed E-state index contributed by atoms with van der Waals surface area (Å²) in [6.07, 6.45) is 2.03. The quantitative estimate of drug-likeness (QED) is 0.886. The molecule has 1 saturated carbocycles. The van der Waals surface area contributed by atoms with Gasteiger partial charge < -0.3 is 14.6 Å². The van der Waals surface area contributed by atoms with Gasteiger partial charge >= 0.3 is 0 Å². The maximum atomic E-state index is 12.0. The fraction of sp³-hybridized carbons (Fsp3) is 0.500. The Labute approximate surface area is 124 Å². The van der Waals surface area contributed by atoms with Crippen molar-refractivity contribution in [3.63, 3.8) is 0 Å². The fourth-order valence-corrected chi connectivity index (χ4v) is 2.58. The van der Waals surface area contributed by atoms with Crippen LogP contribution in [0.25, 0.3) is 11.0 Å². The second-order valence-electron chi connectivity index (χ2n) is 5.61. The van der Waals surface area contributed by atoms with Crippen LogP contribution >= 0.6 is 0 Å². The first-order chi connectivity index (χ1) is 10.2. The summed E-state index contributed by atoms with van der Waals surface area (Å²) >= 11 is 0. The number of methoxy groups -OCH3 is 1. The van der Waals surface area contributed by atoms with Gasteiger partial charge in [-0.3, -0.25) is 4.79 Å². The van der Waals surface area contributed by atoms with E-state index in [0.717, 1.165) is 36.2 Å². The summed E-state index contributed by atoms with van der Waals surface area (Å²) in [5.74, 6) is 1.25. The van der Waals surface area contributed by atoms with Crippen molar-refractivity contribution in [2.45, 2.75) is 32.4 Å². The first kappa shape index (κ1) is 14.1. The molecule has 0 spiro atoms. The highest BCUT2D eigenvalue weighted by atomic mass is 16.5. The van der Waals surface area contributed by atoms with Gasteiger partial charge in [-0.1, -0.05) is 12.1 Å². The highest BCUT2D eigenvalue weighted by Gasteiger charge is 2.31. The molecule has 0 saturated heterocycles. The normalized spacial score (nSPS) is 16.1. The molecule has 1 aromatic heterocycles. The monoisotopic (exact) mass is 287 g/mol. The molecule has 1 aromatic carbocycles. The predicted octanol–water partition coefficient (Wildman–Crippen LogP) is 2.27. The summed E-state index contributed by atoms with van der Waals surface area (Å²) in [6, 6.07) is 7.94. The largest absolute Gasteiger partial charge is 0.383 e. The minimum Gasteiger partial charge on any atom is -0.383 e. The van der Waals surface area contributed by atoms with Gasteiger partial charge in [0.2, 0.25) is 5.91 Å². The van der Waals surface area contributed by atoms with Gasteiger partial charge in [-0.2, -0.15) is 0 Å². The molecular formula is C16H21N3O2. The van der Waals surface area contributed by atoms with Gasteiger partial charge in [-0.25, -0.2) is 4.98 Å². The average Bonchev–Trinajstić information content (AvgIpc) is 3.27. The molecule has 0 bridgehead atoms. The Morgan fingerprint density at radius 1 is 1.48 bits per heavy atom. The van der Waals surface area contributed by atoms with Crippen LogP contribution in [0.2, 0.25) is 0 Å². The molecule has 1 atom stereocenters. The van der Waals surface area contributed by atoms with Crippen molar-refractivity contribution in [2.24, 2.45) is 5.92 Å². The van der Waals surface area contributed by atoms with Crippen LogP contribution < -0.4 is 5.32 Å². The number of fused-ring (bicyclic) bond motifs is 1. The number of nitrogens with one attached hydrogen (secondary N) is 1. The lowest BCUT2D eigenvalue weighted by Crippen LogP contribution is -2.30. The summed E-state index contributed by atoms with van der Waals surface area (Å²) in [5.41, 5.74) is 2.04. The first-order valence-corrected chi connectivity index (χ1v) is 7.45. The molecule has 1 aliphatic carbocycles. The number of ether oxygens (including phenoxy) is 1. The standard InChI is InChI=1S/C16H21N3O2/c1-11(17-16(20)12-7-8-12)15-18-13-5-3-4-6-14(13)19(15)9-10-21-2/h3-6,11-12H,7-10H2,1-2H3,(H,17,20)/t11-/m1/s1. The number of benzene rings is 1. The number of carbonyl (C=O) groups excluding carboxylic acids is 1. The summed E-state index contributed by atoms with van der Waals surface area (Å²) in [5, 5.41) is 3.07. The van der Waals surface area contributed by atoms with E-state index in [0.29, 0.717) is 6.61 Å². The molecule has 3 rings (SSSR count). The van der Waals surface area contributed by atoms with Crippen molar-refractivity contribution in [1.82, 2.24) is 14.9 Å². The molecule has 0 aliphatic heterocycles. The molecule has 1 fully saturated rings. The third kappa shape index (κ3) is 2.93. The number of aromatic nitrogens is 2. The third-order valence-corrected chi connectivity index (χ3v) is 3.90. The molecule has 112 valence electrons. The van der Waals surface area contributed by atoms with E-state index in [4.69, 9.17) is 9.72 Å². The highest BCUT2D eigenvalue weighted by molar-refractivity contribution is 5.81. The molecule has 1 amide bonds. The lowest BCUT2D eigenvalue weighted by atomic mass is 10.2. The Bertz CT molecular complexity index is 646. The number of hydrogen-bond acceptors (Lipinski definition) is 3. The van der Waals surface area contributed by atoms with Crippen LogP contribution in [0.1, 0.15) is 31.6 Å². The van der Waals surface area contributed by atoms with Crippen molar-refractivity contribution in [2.75, 3.05) is 13.7 Å². The van der Waals surface area contributed by atoms with Gasteiger partial charge in [0.25, 0.3) is 0 Å². The zero-order chi connectivity index (χ0) is 14.8. The van der Waals surface area contributed by atoms with Crippen molar-refractivity contribution < 1.29 is 9.53 Å². The second-order valence-corrected chi connectivity index (χ2v) is 5.61. The number of hydrogen-bond donors (Lipinski definition) is 1. The Morgan fingerprint density at radius 2 is 2.24 bits per heavy atom. The Hall–Kier alpha value is -1.88. The Morgan fingerprint density at radius 3 is 2.95 bits per heavy atom. The molecule has 0 radical (unpaired) electrons. The lowest BCUT2D eigenvalue weighted by molar-refractivity contribution is -0.123. The van der Waals surface area contributed by atoms with Crippen molar-refractivity contribution >= 4 is 16.9 Å². The number of rotatable bonds is 6. The van der Waals surface area contributed by atoms with Gasteiger partial charge in [0.15, 0.2) is 0 Å². The van der Waals surface area contributed by atoms with Crippen molar-refractivity contribution in [3.05, 3.63) is 30.1 Å². The number of carbonyl (C=O) groups is 1. The zero-order valence-electron chi connectivity index (χ0n) is 12.5. The maximum Gasteiger partial charge on any atom is 0.223 e. The topological polar surface area (TPSA) is 56.1 Å². The molecule has 1 heterocycles. The SMILES string of the molecule is COCCn1c([C@@H](C)NC(=O)C2CC2)nc2ccccc21. The summed E-state index contributed by atoms with van der Waals surface area (Å²) < 4.78 is 7.33. The van der Waals surface area contributed by atoms with Crippen LogP contribution in [0.5, 0.6) is 0 Å².